The molecule has 1 aromatic heterocycles. The second-order valence-corrected chi connectivity index (χ2v) is 6.27. The summed E-state index contributed by atoms with van der Waals surface area (Å²) in [5.41, 5.74) is 9.45. The first-order valence-corrected chi connectivity index (χ1v) is 7.88. The zero-order chi connectivity index (χ0) is 14.7. The Morgan fingerprint density at radius 2 is 1.95 bits per heavy atom. The Labute approximate surface area is 133 Å². The summed E-state index contributed by atoms with van der Waals surface area (Å²) in [5.74, 6) is 0. The second kappa shape index (κ2) is 6.74. The van der Waals surface area contributed by atoms with Gasteiger partial charge in [-0.3, -0.25) is 4.68 Å². The van der Waals surface area contributed by atoms with Gasteiger partial charge in [0.15, 0.2) is 0 Å². The van der Waals surface area contributed by atoms with E-state index in [1.54, 1.807) is 0 Å². The molecule has 2 aromatic rings. The van der Waals surface area contributed by atoms with Crippen molar-refractivity contribution in [2.75, 3.05) is 0 Å². The van der Waals surface area contributed by atoms with Crippen LogP contribution in [0.2, 0.25) is 5.02 Å². The van der Waals surface area contributed by atoms with Gasteiger partial charge in [-0.15, -0.1) is 0 Å². The third kappa shape index (κ3) is 3.62. The van der Waals surface area contributed by atoms with Crippen LogP contribution < -0.4 is 5.73 Å². The lowest BCUT2D eigenvalue weighted by molar-refractivity contribution is 0.612. The number of nitrogens with zero attached hydrogens (tertiary/aromatic N) is 2. The molecule has 2 N–H and O–H groups in total. The van der Waals surface area contributed by atoms with Crippen molar-refractivity contribution in [2.24, 2.45) is 12.8 Å². The normalized spacial score (nSPS) is 12.7. The molecular weight excluding hydrogens is 338 g/mol. The van der Waals surface area contributed by atoms with Crippen LogP contribution in [0.3, 0.4) is 0 Å². The number of hydrogen-bond acceptors (Lipinski definition) is 2. The fourth-order valence-electron chi connectivity index (χ4n) is 2.29. The monoisotopic (exact) mass is 355 g/mol. The highest BCUT2D eigenvalue weighted by atomic mass is 79.9. The fourth-order valence-corrected chi connectivity index (χ4v) is 2.92. The van der Waals surface area contributed by atoms with E-state index < -0.39 is 0 Å². The molecule has 0 saturated carbocycles. The van der Waals surface area contributed by atoms with Crippen molar-refractivity contribution in [3.05, 3.63) is 50.7 Å². The molecule has 1 heterocycles. The molecule has 0 radical (unpaired) electrons. The molecule has 1 atom stereocenters. The zero-order valence-corrected chi connectivity index (χ0v) is 14.1. The lowest BCUT2D eigenvalue weighted by atomic mass is 10.0. The summed E-state index contributed by atoms with van der Waals surface area (Å²) >= 11 is 9.79. The van der Waals surface area contributed by atoms with Gasteiger partial charge in [-0.1, -0.05) is 46.6 Å². The van der Waals surface area contributed by atoms with E-state index in [0.29, 0.717) is 0 Å². The van der Waals surface area contributed by atoms with Gasteiger partial charge in [0, 0.05) is 24.0 Å². The Kier molecular flexibility index (Phi) is 5.24. The first-order valence-electron chi connectivity index (χ1n) is 6.71. The van der Waals surface area contributed by atoms with Gasteiger partial charge in [-0.25, -0.2) is 0 Å². The number of aromatic nitrogens is 2. The summed E-state index contributed by atoms with van der Waals surface area (Å²) in [7, 11) is 1.92. The minimum atomic E-state index is 0.0359. The summed E-state index contributed by atoms with van der Waals surface area (Å²) in [6.07, 6.45) is 2.41. The average Bonchev–Trinajstić information content (AvgIpc) is 2.69. The molecule has 5 heteroatoms. The minimum Gasteiger partial charge on any atom is -0.327 e. The molecule has 0 amide bonds. The summed E-state index contributed by atoms with van der Waals surface area (Å²) in [6.45, 7) is 2.06. The van der Waals surface area contributed by atoms with Crippen LogP contribution in [0, 0.1) is 0 Å². The number of benzene rings is 1. The van der Waals surface area contributed by atoms with E-state index in [0.717, 1.165) is 40.1 Å². The van der Waals surface area contributed by atoms with E-state index >= 15 is 0 Å². The third-order valence-electron chi connectivity index (χ3n) is 3.37. The van der Waals surface area contributed by atoms with E-state index in [2.05, 4.69) is 40.1 Å². The summed E-state index contributed by atoms with van der Waals surface area (Å²) in [5, 5.41) is 5.19. The maximum Gasteiger partial charge on any atom is 0.0850 e. The Bertz CT molecular complexity index is 578. The highest BCUT2D eigenvalue weighted by molar-refractivity contribution is 9.10. The van der Waals surface area contributed by atoms with Gasteiger partial charge in [0.1, 0.15) is 0 Å². The van der Waals surface area contributed by atoms with E-state index in [4.69, 9.17) is 17.3 Å². The first kappa shape index (κ1) is 15.5. The quantitative estimate of drug-likeness (QED) is 0.891. The van der Waals surface area contributed by atoms with Crippen molar-refractivity contribution in [2.45, 2.75) is 32.2 Å². The fraction of sp³-hybridized carbons (Fsp3) is 0.400. The number of hydrogen-bond donors (Lipinski definition) is 1. The SMILES string of the molecule is CCc1nn(C)c(CC(N)Cc2ccc(Br)cc2)c1Cl. The van der Waals surface area contributed by atoms with Gasteiger partial charge < -0.3 is 5.73 Å². The van der Waals surface area contributed by atoms with Crippen molar-refractivity contribution in [3.8, 4) is 0 Å². The largest absolute Gasteiger partial charge is 0.327 e. The van der Waals surface area contributed by atoms with E-state index in [-0.39, 0.29) is 6.04 Å². The van der Waals surface area contributed by atoms with E-state index in [9.17, 15) is 0 Å². The van der Waals surface area contributed by atoms with Crippen LogP contribution in [-0.2, 0) is 26.3 Å². The molecule has 0 aliphatic rings. The van der Waals surface area contributed by atoms with Crippen LogP contribution in [-0.4, -0.2) is 15.8 Å². The maximum atomic E-state index is 6.35. The Morgan fingerprint density at radius 1 is 1.30 bits per heavy atom. The molecule has 0 aliphatic carbocycles. The van der Waals surface area contributed by atoms with Gasteiger partial charge in [0.25, 0.3) is 0 Å². The molecule has 0 aliphatic heterocycles. The van der Waals surface area contributed by atoms with Crippen molar-refractivity contribution in [1.82, 2.24) is 9.78 Å². The molecule has 1 aromatic carbocycles. The van der Waals surface area contributed by atoms with Gasteiger partial charge in [0.2, 0.25) is 0 Å². The van der Waals surface area contributed by atoms with Crippen LogP contribution in [0.4, 0.5) is 0 Å². The lowest BCUT2D eigenvalue weighted by Gasteiger charge is -2.12. The topological polar surface area (TPSA) is 43.8 Å². The highest BCUT2D eigenvalue weighted by Gasteiger charge is 2.16. The minimum absolute atomic E-state index is 0.0359. The van der Waals surface area contributed by atoms with Crippen LogP contribution in [0.25, 0.3) is 0 Å². The average molecular weight is 357 g/mol. The zero-order valence-electron chi connectivity index (χ0n) is 11.7. The Morgan fingerprint density at radius 3 is 2.50 bits per heavy atom. The Hall–Kier alpha value is -0.840. The number of nitrogens with two attached hydrogens (primary N) is 1. The summed E-state index contributed by atoms with van der Waals surface area (Å²) < 4.78 is 2.93. The highest BCUT2D eigenvalue weighted by Crippen LogP contribution is 2.22. The van der Waals surface area contributed by atoms with Gasteiger partial charge in [-0.2, -0.15) is 5.10 Å². The molecule has 20 heavy (non-hydrogen) atoms. The molecule has 2 rings (SSSR count). The predicted octanol–water partition coefficient (Wildman–Crippen LogP) is 3.51. The van der Waals surface area contributed by atoms with Crippen molar-refractivity contribution < 1.29 is 0 Å². The van der Waals surface area contributed by atoms with Crippen LogP contribution in [0.1, 0.15) is 23.9 Å². The molecule has 3 nitrogen and oxygen atoms in total. The smallest absolute Gasteiger partial charge is 0.0850 e. The third-order valence-corrected chi connectivity index (χ3v) is 4.33. The van der Waals surface area contributed by atoms with Gasteiger partial charge >= 0.3 is 0 Å². The molecule has 1 unspecified atom stereocenters. The molecule has 0 spiro atoms. The standard InChI is InChI=1S/C15H19BrClN3/c1-3-13-15(17)14(20(2)19-13)9-12(18)8-10-4-6-11(16)7-5-10/h4-7,12H,3,8-9,18H2,1-2H3. The van der Waals surface area contributed by atoms with Gasteiger partial charge in [-0.05, 0) is 30.5 Å². The summed E-state index contributed by atoms with van der Waals surface area (Å²) in [4.78, 5) is 0. The maximum absolute atomic E-state index is 6.35. The first-order chi connectivity index (χ1) is 9.51. The number of halogens is 2. The lowest BCUT2D eigenvalue weighted by Crippen LogP contribution is -2.26. The van der Waals surface area contributed by atoms with Crippen molar-refractivity contribution in [1.29, 1.82) is 0 Å². The molecule has 0 saturated heterocycles. The van der Waals surface area contributed by atoms with E-state index in [1.807, 2.05) is 23.9 Å². The molecule has 0 bridgehead atoms. The summed E-state index contributed by atoms with van der Waals surface area (Å²) in [6, 6.07) is 8.29. The number of aryl methyl sites for hydroxylation is 2. The molecule has 108 valence electrons. The van der Waals surface area contributed by atoms with Crippen LogP contribution in [0.5, 0.6) is 0 Å². The molecular formula is C15H19BrClN3. The Balaban J connectivity index is 2.06. The van der Waals surface area contributed by atoms with Crippen LogP contribution in [0.15, 0.2) is 28.7 Å². The predicted molar refractivity (Wildman–Crippen MR) is 87.1 cm³/mol. The van der Waals surface area contributed by atoms with Crippen molar-refractivity contribution >= 4 is 27.5 Å². The van der Waals surface area contributed by atoms with Crippen molar-refractivity contribution in [3.63, 3.8) is 0 Å². The van der Waals surface area contributed by atoms with Crippen LogP contribution >= 0.6 is 27.5 Å². The number of rotatable bonds is 5. The van der Waals surface area contributed by atoms with E-state index in [1.165, 1.54) is 5.56 Å². The second-order valence-electron chi connectivity index (χ2n) is 4.98. The van der Waals surface area contributed by atoms with Gasteiger partial charge in [0.05, 0.1) is 16.4 Å². The molecule has 0 fully saturated rings.